The minimum absolute atomic E-state index is 0.164. The predicted octanol–water partition coefficient (Wildman–Crippen LogP) is 2.81. The van der Waals surface area contributed by atoms with Crippen LogP contribution in [0, 0.1) is 0 Å². The lowest BCUT2D eigenvalue weighted by molar-refractivity contribution is 0.0719. The number of aromatic nitrogens is 2. The second-order valence-corrected chi connectivity index (χ2v) is 6.78. The molecule has 2 heterocycles. The molecule has 2 amide bonds. The van der Waals surface area contributed by atoms with Gasteiger partial charge in [-0.2, -0.15) is 5.10 Å². The highest BCUT2D eigenvalue weighted by Crippen LogP contribution is 2.27. The Morgan fingerprint density at radius 1 is 1.18 bits per heavy atom. The predicted molar refractivity (Wildman–Crippen MR) is 106 cm³/mol. The molecule has 1 aliphatic heterocycles. The Hall–Kier alpha value is -3.35. The van der Waals surface area contributed by atoms with Gasteiger partial charge in [0.05, 0.1) is 12.1 Å². The van der Waals surface area contributed by atoms with Gasteiger partial charge in [-0.3, -0.25) is 9.48 Å². The average Bonchev–Trinajstić information content (AvgIpc) is 3.06. The van der Waals surface area contributed by atoms with E-state index in [1.165, 1.54) is 0 Å². The largest absolute Gasteiger partial charge is 0.449 e. The van der Waals surface area contributed by atoms with Crippen molar-refractivity contribution in [2.45, 2.75) is 6.42 Å². The molecule has 7 heteroatoms. The summed E-state index contributed by atoms with van der Waals surface area (Å²) in [4.78, 5) is 25.6. The molecule has 1 fully saturated rings. The number of hydrogen-bond donors (Lipinski definition) is 1. The molecule has 1 aliphatic rings. The quantitative estimate of drug-likeness (QED) is 0.741. The van der Waals surface area contributed by atoms with Crippen LogP contribution < -0.4 is 5.32 Å². The number of carbonyl (C=O) groups is 2. The second kappa shape index (κ2) is 7.72. The van der Waals surface area contributed by atoms with E-state index in [4.69, 9.17) is 4.74 Å². The molecule has 0 saturated carbocycles. The molecule has 2 aromatic carbocycles. The highest BCUT2D eigenvalue weighted by molar-refractivity contribution is 5.96. The molecular weight excluding hydrogens is 356 g/mol. The zero-order valence-electron chi connectivity index (χ0n) is 15.7. The molecule has 0 spiro atoms. The van der Waals surface area contributed by atoms with Crippen molar-refractivity contribution in [1.29, 1.82) is 0 Å². The summed E-state index contributed by atoms with van der Waals surface area (Å²) >= 11 is 0. The number of nitrogens with zero attached hydrogens (tertiary/aromatic N) is 3. The van der Waals surface area contributed by atoms with Crippen LogP contribution in [0.25, 0.3) is 22.2 Å². The standard InChI is InChI=1S/C21H22N4O3/c1-24-18-6-3-2-5-17(18)19(23-24)15-7-9-16(10-8-15)20(26)22-11-13-25-12-4-14-28-21(25)27/h2-3,5-10H,4,11-14H2,1H3,(H,22,26). The van der Waals surface area contributed by atoms with Crippen molar-refractivity contribution in [3.63, 3.8) is 0 Å². The lowest BCUT2D eigenvalue weighted by Gasteiger charge is -2.26. The van der Waals surface area contributed by atoms with E-state index < -0.39 is 0 Å². The first-order valence-corrected chi connectivity index (χ1v) is 9.35. The number of carbonyl (C=O) groups excluding carboxylic acids is 2. The third-order valence-corrected chi connectivity index (χ3v) is 4.90. The van der Waals surface area contributed by atoms with Crippen molar-refractivity contribution in [2.24, 2.45) is 7.05 Å². The van der Waals surface area contributed by atoms with Crippen molar-refractivity contribution in [3.05, 3.63) is 54.1 Å². The van der Waals surface area contributed by atoms with E-state index in [-0.39, 0.29) is 12.0 Å². The number of nitrogens with one attached hydrogen (secondary N) is 1. The summed E-state index contributed by atoms with van der Waals surface area (Å²) in [5.74, 6) is -0.164. The van der Waals surface area contributed by atoms with E-state index in [1.54, 1.807) is 17.0 Å². The van der Waals surface area contributed by atoms with E-state index in [0.29, 0.717) is 31.8 Å². The van der Waals surface area contributed by atoms with Crippen molar-refractivity contribution >= 4 is 22.9 Å². The van der Waals surface area contributed by atoms with Crippen LogP contribution in [0.4, 0.5) is 4.79 Å². The maximum Gasteiger partial charge on any atom is 0.409 e. The molecule has 0 radical (unpaired) electrons. The number of ether oxygens (including phenoxy) is 1. The van der Waals surface area contributed by atoms with Crippen LogP contribution in [0.3, 0.4) is 0 Å². The lowest BCUT2D eigenvalue weighted by atomic mass is 10.1. The molecule has 0 bridgehead atoms. The Bertz CT molecular complexity index is 1010. The number of benzene rings is 2. The van der Waals surface area contributed by atoms with Crippen LogP contribution in [-0.2, 0) is 11.8 Å². The molecule has 1 aromatic heterocycles. The zero-order valence-corrected chi connectivity index (χ0v) is 15.7. The monoisotopic (exact) mass is 378 g/mol. The number of aryl methyl sites for hydroxylation is 1. The Balaban J connectivity index is 1.41. The number of fused-ring (bicyclic) bond motifs is 1. The van der Waals surface area contributed by atoms with Gasteiger partial charge in [-0.25, -0.2) is 4.79 Å². The first-order chi connectivity index (χ1) is 13.6. The fourth-order valence-corrected chi connectivity index (χ4v) is 3.41. The first-order valence-electron chi connectivity index (χ1n) is 9.35. The molecule has 1 N–H and O–H groups in total. The summed E-state index contributed by atoms with van der Waals surface area (Å²) in [6.45, 7) is 1.98. The molecule has 144 valence electrons. The van der Waals surface area contributed by atoms with Gasteiger partial charge in [-0.1, -0.05) is 30.3 Å². The van der Waals surface area contributed by atoms with Gasteiger partial charge in [-0.05, 0) is 24.6 Å². The maximum atomic E-state index is 12.4. The second-order valence-electron chi connectivity index (χ2n) is 6.78. The Labute approximate surface area is 162 Å². The van der Waals surface area contributed by atoms with Gasteiger partial charge in [-0.15, -0.1) is 0 Å². The highest BCUT2D eigenvalue weighted by atomic mass is 16.6. The van der Waals surface area contributed by atoms with E-state index >= 15 is 0 Å². The van der Waals surface area contributed by atoms with Crippen LogP contribution in [-0.4, -0.2) is 52.9 Å². The van der Waals surface area contributed by atoms with E-state index in [2.05, 4.69) is 10.4 Å². The third-order valence-electron chi connectivity index (χ3n) is 4.90. The highest BCUT2D eigenvalue weighted by Gasteiger charge is 2.19. The molecule has 7 nitrogen and oxygen atoms in total. The van der Waals surface area contributed by atoms with E-state index in [0.717, 1.165) is 28.6 Å². The summed E-state index contributed by atoms with van der Waals surface area (Å²) < 4.78 is 6.84. The van der Waals surface area contributed by atoms with Crippen molar-refractivity contribution < 1.29 is 14.3 Å². The number of para-hydroxylation sites is 1. The van der Waals surface area contributed by atoms with Crippen molar-refractivity contribution in [3.8, 4) is 11.3 Å². The Kier molecular flexibility index (Phi) is 4.97. The minimum atomic E-state index is -0.313. The topological polar surface area (TPSA) is 76.5 Å². The van der Waals surface area contributed by atoms with Gasteiger partial charge in [0, 0.05) is 43.2 Å². The normalized spacial score (nSPS) is 14.2. The summed E-state index contributed by atoms with van der Waals surface area (Å²) in [5.41, 5.74) is 3.50. The molecule has 0 atom stereocenters. The minimum Gasteiger partial charge on any atom is -0.449 e. The van der Waals surface area contributed by atoms with Gasteiger partial charge < -0.3 is 15.0 Å². The number of amides is 2. The summed E-state index contributed by atoms with van der Waals surface area (Å²) in [5, 5.41) is 8.54. The Morgan fingerprint density at radius 2 is 1.96 bits per heavy atom. The van der Waals surface area contributed by atoms with Crippen LogP contribution in [0.15, 0.2) is 48.5 Å². The number of cyclic esters (lactones) is 1. The van der Waals surface area contributed by atoms with Gasteiger partial charge in [0.15, 0.2) is 0 Å². The Morgan fingerprint density at radius 3 is 2.75 bits per heavy atom. The number of hydrogen-bond acceptors (Lipinski definition) is 4. The van der Waals surface area contributed by atoms with Crippen LogP contribution in [0.2, 0.25) is 0 Å². The first kappa shape index (κ1) is 18.0. The van der Waals surface area contributed by atoms with Gasteiger partial charge in [0.2, 0.25) is 0 Å². The fourth-order valence-electron chi connectivity index (χ4n) is 3.41. The summed E-state index contributed by atoms with van der Waals surface area (Å²) in [6.07, 6.45) is 0.510. The molecule has 4 rings (SSSR count). The summed E-state index contributed by atoms with van der Waals surface area (Å²) in [6, 6.07) is 15.5. The average molecular weight is 378 g/mol. The maximum absolute atomic E-state index is 12.4. The van der Waals surface area contributed by atoms with Gasteiger partial charge >= 0.3 is 6.09 Å². The molecule has 0 unspecified atom stereocenters. The lowest BCUT2D eigenvalue weighted by Crippen LogP contribution is -2.42. The van der Waals surface area contributed by atoms with Gasteiger partial charge in [0.1, 0.15) is 5.69 Å². The van der Waals surface area contributed by atoms with Gasteiger partial charge in [0.25, 0.3) is 5.91 Å². The smallest absolute Gasteiger partial charge is 0.409 e. The SMILES string of the molecule is Cn1nc(-c2ccc(C(=O)NCCN3CCCOC3=O)cc2)c2ccccc21. The fraction of sp³-hybridized carbons (Fsp3) is 0.286. The van der Waals surface area contributed by atoms with E-state index in [1.807, 2.05) is 48.1 Å². The molecule has 0 aliphatic carbocycles. The van der Waals surface area contributed by atoms with Crippen LogP contribution >= 0.6 is 0 Å². The molecular formula is C21H22N4O3. The van der Waals surface area contributed by atoms with E-state index in [9.17, 15) is 9.59 Å². The summed E-state index contributed by atoms with van der Waals surface area (Å²) in [7, 11) is 1.92. The van der Waals surface area contributed by atoms with Crippen LogP contribution in [0.1, 0.15) is 16.8 Å². The molecule has 3 aromatic rings. The zero-order chi connectivity index (χ0) is 19.5. The molecule has 1 saturated heterocycles. The van der Waals surface area contributed by atoms with Crippen molar-refractivity contribution in [2.75, 3.05) is 26.2 Å². The number of rotatable bonds is 5. The molecule has 28 heavy (non-hydrogen) atoms. The third kappa shape index (κ3) is 3.55. The van der Waals surface area contributed by atoms with Crippen molar-refractivity contribution in [1.82, 2.24) is 20.0 Å². The van der Waals surface area contributed by atoms with Crippen LogP contribution in [0.5, 0.6) is 0 Å².